The molecule has 0 aromatic heterocycles. The second-order valence-electron chi connectivity index (χ2n) is 6.28. The standard InChI is InChI=1S/C17H19ClN4O4S/c1-20-8-10-21(11-9-20)16-5-3-2-4-15(16)19-27(25,26)13-6-7-14(18)17(12-13)22(23)24/h2-7,12,19H,8-11H2,1H3. The number of hydrogen-bond donors (Lipinski definition) is 1. The molecular weight excluding hydrogens is 392 g/mol. The molecule has 0 aliphatic carbocycles. The summed E-state index contributed by atoms with van der Waals surface area (Å²) in [5, 5.41) is 10.9. The van der Waals surface area contributed by atoms with Gasteiger partial charge in [-0.1, -0.05) is 23.7 Å². The van der Waals surface area contributed by atoms with Gasteiger partial charge in [0.15, 0.2) is 0 Å². The molecule has 0 amide bonds. The molecule has 10 heteroatoms. The molecule has 144 valence electrons. The van der Waals surface area contributed by atoms with Crippen LogP contribution in [0.15, 0.2) is 47.4 Å². The number of sulfonamides is 1. The van der Waals surface area contributed by atoms with E-state index in [9.17, 15) is 18.5 Å². The molecule has 0 bridgehead atoms. The molecule has 1 aliphatic rings. The van der Waals surface area contributed by atoms with Crippen LogP contribution in [-0.4, -0.2) is 51.5 Å². The number of halogens is 1. The van der Waals surface area contributed by atoms with E-state index in [2.05, 4.69) is 14.5 Å². The zero-order chi connectivity index (χ0) is 19.6. The summed E-state index contributed by atoms with van der Waals surface area (Å²) in [4.78, 5) is 14.4. The third-order valence-electron chi connectivity index (χ3n) is 4.42. The van der Waals surface area contributed by atoms with Crippen molar-refractivity contribution in [1.82, 2.24) is 4.90 Å². The Kier molecular flexibility index (Phi) is 5.54. The molecule has 0 radical (unpaired) electrons. The Morgan fingerprint density at radius 2 is 1.78 bits per heavy atom. The van der Waals surface area contributed by atoms with Crippen LogP contribution in [0.1, 0.15) is 0 Å². The number of para-hydroxylation sites is 2. The second-order valence-corrected chi connectivity index (χ2v) is 8.37. The quantitative estimate of drug-likeness (QED) is 0.601. The molecule has 0 saturated carbocycles. The van der Waals surface area contributed by atoms with Gasteiger partial charge in [0, 0.05) is 32.2 Å². The third-order valence-corrected chi connectivity index (χ3v) is 6.10. The number of nitro groups is 1. The summed E-state index contributed by atoms with van der Waals surface area (Å²) >= 11 is 5.77. The van der Waals surface area contributed by atoms with Crippen LogP contribution >= 0.6 is 11.6 Å². The Hall–Kier alpha value is -2.36. The van der Waals surface area contributed by atoms with Crippen LogP contribution in [0.3, 0.4) is 0 Å². The van der Waals surface area contributed by atoms with Crippen molar-refractivity contribution in [2.24, 2.45) is 0 Å². The van der Waals surface area contributed by atoms with Gasteiger partial charge in [-0.15, -0.1) is 0 Å². The Morgan fingerprint density at radius 1 is 1.11 bits per heavy atom. The highest BCUT2D eigenvalue weighted by molar-refractivity contribution is 7.92. The van der Waals surface area contributed by atoms with Gasteiger partial charge < -0.3 is 9.80 Å². The van der Waals surface area contributed by atoms with E-state index in [-0.39, 0.29) is 9.92 Å². The van der Waals surface area contributed by atoms with Gasteiger partial charge >= 0.3 is 0 Å². The number of rotatable bonds is 5. The lowest BCUT2D eigenvalue weighted by Gasteiger charge is -2.35. The SMILES string of the molecule is CN1CCN(c2ccccc2NS(=O)(=O)c2ccc(Cl)c([N+](=O)[O-])c2)CC1. The molecule has 1 N–H and O–H groups in total. The summed E-state index contributed by atoms with van der Waals surface area (Å²) in [6.45, 7) is 3.32. The largest absolute Gasteiger partial charge is 0.367 e. The van der Waals surface area contributed by atoms with Crippen LogP contribution in [0.4, 0.5) is 17.1 Å². The normalized spacial score (nSPS) is 15.6. The van der Waals surface area contributed by atoms with E-state index in [0.717, 1.165) is 37.9 Å². The highest BCUT2D eigenvalue weighted by Crippen LogP contribution is 2.31. The van der Waals surface area contributed by atoms with Gasteiger partial charge in [0.2, 0.25) is 0 Å². The average molecular weight is 411 g/mol. The fourth-order valence-corrected chi connectivity index (χ4v) is 4.17. The highest BCUT2D eigenvalue weighted by Gasteiger charge is 2.23. The van der Waals surface area contributed by atoms with Gasteiger partial charge in [-0.25, -0.2) is 8.42 Å². The molecule has 8 nitrogen and oxygen atoms in total. The number of benzene rings is 2. The minimum atomic E-state index is -4.01. The van der Waals surface area contributed by atoms with Gasteiger partial charge in [-0.05, 0) is 31.3 Å². The molecule has 3 rings (SSSR count). The van der Waals surface area contributed by atoms with E-state index in [1.807, 2.05) is 19.2 Å². The van der Waals surface area contributed by atoms with Crippen molar-refractivity contribution in [3.05, 3.63) is 57.6 Å². The number of anilines is 2. The first-order valence-electron chi connectivity index (χ1n) is 8.27. The summed E-state index contributed by atoms with van der Waals surface area (Å²) in [6, 6.07) is 10.5. The van der Waals surface area contributed by atoms with E-state index in [0.29, 0.717) is 5.69 Å². The number of likely N-dealkylation sites (N-methyl/N-ethyl adjacent to an activating group) is 1. The van der Waals surface area contributed by atoms with Crippen LogP contribution < -0.4 is 9.62 Å². The van der Waals surface area contributed by atoms with Gasteiger partial charge in [0.05, 0.1) is 21.2 Å². The molecule has 0 atom stereocenters. The summed E-state index contributed by atoms with van der Waals surface area (Å²) in [6.07, 6.45) is 0. The predicted octanol–water partition coefficient (Wildman–Crippen LogP) is 2.80. The predicted molar refractivity (Wildman–Crippen MR) is 105 cm³/mol. The van der Waals surface area contributed by atoms with E-state index in [1.165, 1.54) is 12.1 Å². The maximum Gasteiger partial charge on any atom is 0.289 e. The number of nitrogens with one attached hydrogen (secondary N) is 1. The smallest absolute Gasteiger partial charge is 0.289 e. The third kappa shape index (κ3) is 4.32. The van der Waals surface area contributed by atoms with E-state index >= 15 is 0 Å². The van der Waals surface area contributed by atoms with E-state index in [1.54, 1.807) is 12.1 Å². The molecule has 2 aromatic rings. The van der Waals surface area contributed by atoms with Gasteiger partial charge in [0.25, 0.3) is 15.7 Å². The van der Waals surface area contributed by atoms with Crippen molar-refractivity contribution < 1.29 is 13.3 Å². The fourth-order valence-electron chi connectivity index (χ4n) is 2.89. The summed E-state index contributed by atoms with van der Waals surface area (Å²) in [5.74, 6) is 0. The lowest BCUT2D eigenvalue weighted by molar-refractivity contribution is -0.384. The van der Waals surface area contributed by atoms with Crippen molar-refractivity contribution in [2.75, 3.05) is 42.8 Å². The minimum Gasteiger partial charge on any atom is -0.367 e. The Labute approximate surface area is 162 Å². The molecule has 2 aromatic carbocycles. The maximum atomic E-state index is 12.8. The first kappa shape index (κ1) is 19.4. The van der Waals surface area contributed by atoms with Crippen molar-refractivity contribution >= 4 is 38.7 Å². The number of hydrogen-bond acceptors (Lipinski definition) is 6. The first-order valence-corrected chi connectivity index (χ1v) is 10.1. The molecule has 0 spiro atoms. The van der Waals surface area contributed by atoms with Crippen LogP contribution in [0, 0.1) is 10.1 Å². The second kappa shape index (κ2) is 7.71. The zero-order valence-corrected chi connectivity index (χ0v) is 16.2. The van der Waals surface area contributed by atoms with Crippen LogP contribution in [0.25, 0.3) is 0 Å². The monoisotopic (exact) mass is 410 g/mol. The topological polar surface area (TPSA) is 95.8 Å². The lowest BCUT2D eigenvalue weighted by atomic mass is 10.2. The average Bonchev–Trinajstić information content (AvgIpc) is 2.62. The fraction of sp³-hybridized carbons (Fsp3) is 0.294. The molecule has 1 fully saturated rings. The number of nitro benzene ring substituents is 1. The summed E-state index contributed by atoms with van der Waals surface area (Å²) in [5.41, 5.74) is 0.754. The number of piperazine rings is 1. The Balaban J connectivity index is 1.91. The Bertz CT molecular complexity index is 959. The molecule has 1 heterocycles. The minimum absolute atomic E-state index is 0.114. The number of nitrogens with zero attached hydrogens (tertiary/aromatic N) is 3. The highest BCUT2D eigenvalue weighted by atomic mass is 35.5. The molecule has 1 saturated heterocycles. The van der Waals surface area contributed by atoms with Gasteiger partial charge in [0.1, 0.15) is 5.02 Å². The van der Waals surface area contributed by atoms with Crippen molar-refractivity contribution in [3.63, 3.8) is 0 Å². The van der Waals surface area contributed by atoms with Crippen molar-refractivity contribution in [1.29, 1.82) is 0 Å². The molecule has 0 unspecified atom stereocenters. The van der Waals surface area contributed by atoms with Gasteiger partial charge in [-0.2, -0.15) is 0 Å². The summed E-state index contributed by atoms with van der Waals surface area (Å²) < 4.78 is 28.1. The van der Waals surface area contributed by atoms with Crippen LogP contribution in [0.5, 0.6) is 0 Å². The zero-order valence-electron chi connectivity index (χ0n) is 14.6. The van der Waals surface area contributed by atoms with Crippen LogP contribution in [-0.2, 0) is 10.0 Å². The van der Waals surface area contributed by atoms with Gasteiger partial charge in [-0.3, -0.25) is 14.8 Å². The van der Waals surface area contributed by atoms with Crippen LogP contribution in [0.2, 0.25) is 5.02 Å². The molecule has 1 aliphatic heterocycles. The Morgan fingerprint density at radius 3 is 2.44 bits per heavy atom. The summed E-state index contributed by atoms with van der Waals surface area (Å²) in [7, 11) is -1.97. The van der Waals surface area contributed by atoms with Crippen molar-refractivity contribution in [2.45, 2.75) is 4.90 Å². The van der Waals surface area contributed by atoms with E-state index < -0.39 is 20.6 Å². The first-order chi connectivity index (χ1) is 12.8. The molecule has 27 heavy (non-hydrogen) atoms. The van der Waals surface area contributed by atoms with Crippen molar-refractivity contribution in [3.8, 4) is 0 Å². The molecular formula is C17H19ClN4O4S. The van der Waals surface area contributed by atoms with E-state index in [4.69, 9.17) is 11.6 Å². The maximum absolute atomic E-state index is 12.8. The lowest BCUT2D eigenvalue weighted by Crippen LogP contribution is -2.44.